The van der Waals surface area contributed by atoms with Crippen LogP contribution < -0.4 is 18.9 Å². The Hall–Kier alpha value is -5.03. The molecule has 0 bridgehead atoms. The molecule has 0 amide bonds. The third-order valence-corrected chi connectivity index (χ3v) is 8.48. The van der Waals surface area contributed by atoms with Crippen LogP contribution in [0.1, 0.15) is 89.4 Å². The maximum Gasteiger partial charge on any atom is 0.314 e. The third kappa shape index (κ3) is 4.18. The van der Waals surface area contributed by atoms with Gasteiger partial charge >= 0.3 is 5.97 Å². The van der Waals surface area contributed by atoms with E-state index in [1.807, 2.05) is 0 Å². The topological polar surface area (TPSA) is 163 Å². The van der Waals surface area contributed by atoms with E-state index in [9.17, 15) is 34.2 Å². The van der Waals surface area contributed by atoms with Crippen molar-refractivity contribution in [3.63, 3.8) is 0 Å². The van der Waals surface area contributed by atoms with Gasteiger partial charge < -0.3 is 29.2 Å². The summed E-state index contributed by atoms with van der Waals surface area (Å²) in [5, 5.41) is 22.0. The molecule has 0 aromatic heterocycles. The van der Waals surface area contributed by atoms with Gasteiger partial charge in [-0.1, -0.05) is 0 Å². The second-order valence-electron chi connectivity index (χ2n) is 11.5. The molecule has 1 aliphatic heterocycles. The molecule has 11 heteroatoms. The Balaban J connectivity index is 1.71. The summed E-state index contributed by atoms with van der Waals surface area (Å²) in [6.45, 7) is 3.00. The third-order valence-electron chi connectivity index (χ3n) is 8.48. The van der Waals surface area contributed by atoms with Gasteiger partial charge in [0.25, 0.3) is 0 Å². The number of aryl methyl sites for hydroxylation is 1. The van der Waals surface area contributed by atoms with Crippen molar-refractivity contribution >= 4 is 29.1 Å². The molecule has 1 heterocycles. The number of hydrogen-bond donors (Lipinski definition) is 2. The SMILES string of the molecule is COc1cc(OC)c2c(c1)C(=O)[C@@H]1C[C@@](C)(O)CC(=O)Oc3c4c(cc(OC)c3[C@@H]1C2=O)C(=O)c1cc(C)cc(O)c1C4=O. The zero-order valence-corrected chi connectivity index (χ0v) is 24.5. The molecule has 44 heavy (non-hydrogen) atoms. The average molecular weight is 601 g/mol. The van der Waals surface area contributed by atoms with Gasteiger partial charge in [0.1, 0.15) is 28.7 Å². The summed E-state index contributed by atoms with van der Waals surface area (Å²) >= 11 is 0. The van der Waals surface area contributed by atoms with E-state index in [1.165, 1.54) is 58.6 Å². The van der Waals surface area contributed by atoms with E-state index >= 15 is 0 Å². The second-order valence-corrected chi connectivity index (χ2v) is 11.5. The first-order valence-electron chi connectivity index (χ1n) is 13.8. The fourth-order valence-electron chi connectivity index (χ4n) is 6.64. The number of esters is 1. The van der Waals surface area contributed by atoms with Crippen molar-refractivity contribution in [3.8, 4) is 28.7 Å². The average Bonchev–Trinajstić information content (AvgIpc) is 3.01. The van der Waals surface area contributed by atoms with Crippen LogP contribution in [0.3, 0.4) is 0 Å². The van der Waals surface area contributed by atoms with E-state index in [0.717, 1.165) is 0 Å². The lowest BCUT2D eigenvalue weighted by Gasteiger charge is -2.36. The molecule has 0 saturated carbocycles. The molecule has 6 rings (SSSR count). The number of aromatic hydroxyl groups is 1. The fraction of sp³-hybridized carbons (Fsp3) is 0.303. The second kappa shape index (κ2) is 10.0. The van der Waals surface area contributed by atoms with Crippen molar-refractivity contribution in [3.05, 3.63) is 74.8 Å². The lowest BCUT2D eigenvalue weighted by Crippen LogP contribution is -2.41. The van der Waals surface area contributed by atoms with Gasteiger partial charge in [0, 0.05) is 34.2 Å². The first-order valence-corrected chi connectivity index (χ1v) is 13.8. The van der Waals surface area contributed by atoms with Gasteiger partial charge in [-0.15, -0.1) is 0 Å². The zero-order chi connectivity index (χ0) is 31.8. The number of carbonyl (C=O) groups is 5. The number of Topliss-reactive ketones (excluding diaryl/α,β-unsaturated/α-hetero) is 2. The smallest absolute Gasteiger partial charge is 0.314 e. The summed E-state index contributed by atoms with van der Waals surface area (Å²) in [7, 11) is 4.00. The Morgan fingerprint density at radius 3 is 2.14 bits per heavy atom. The number of methoxy groups -OCH3 is 3. The predicted molar refractivity (Wildman–Crippen MR) is 153 cm³/mol. The Morgan fingerprint density at radius 1 is 0.795 bits per heavy atom. The van der Waals surface area contributed by atoms with Gasteiger partial charge in [-0.25, -0.2) is 0 Å². The van der Waals surface area contributed by atoms with E-state index in [-0.39, 0.29) is 62.6 Å². The highest BCUT2D eigenvalue weighted by atomic mass is 16.5. The molecular weight excluding hydrogens is 572 g/mol. The summed E-state index contributed by atoms with van der Waals surface area (Å²) in [6, 6.07) is 6.92. The molecule has 2 aliphatic carbocycles. The summed E-state index contributed by atoms with van der Waals surface area (Å²) in [6.07, 6.45) is -0.924. The van der Waals surface area contributed by atoms with Crippen LogP contribution in [-0.4, -0.2) is 66.2 Å². The number of fused-ring (bicyclic) bond motifs is 7. The molecular formula is C33H28O11. The molecule has 0 fully saturated rings. The number of rotatable bonds is 3. The molecule has 0 radical (unpaired) electrons. The molecule has 0 saturated heterocycles. The standard InChI is InChI=1S/C33H28O11/c1-13-6-15-23(19(34)7-13)30(38)26-17(28(15)36)10-21(43-5)27-25-18(11-33(2,40)12-22(35)44-32(26)27)29(37)16-8-14(41-3)9-20(42-4)24(16)31(25)39/h6-10,18,25,34,40H,11-12H2,1-5H3/t18-,25-,33-/m1/s1. The highest BCUT2D eigenvalue weighted by Crippen LogP contribution is 2.53. The first kappa shape index (κ1) is 29.1. The number of ether oxygens (including phenoxy) is 4. The van der Waals surface area contributed by atoms with E-state index in [0.29, 0.717) is 5.56 Å². The van der Waals surface area contributed by atoms with Crippen LogP contribution in [0.15, 0.2) is 30.3 Å². The van der Waals surface area contributed by atoms with Gasteiger partial charge in [0.2, 0.25) is 5.78 Å². The van der Waals surface area contributed by atoms with Crippen molar-refractivity contribution in [1.82, 2.24) is 0 Å². The van der Waals surface area contributed by atoms with Crippen molar-refractivity contribution in [2.45, 2.75) is 38.2 Å². The van der Waals surface area contributed by atoms with E-state index in [1.54, 1.807) is 6.92 Å². The van der Waals surface area contributed by atoms with Gasteiger partial charge in [-0.2, -0.15) is 0 Å². The lowest BCUT2D eigenvalue weighted by molar-refractivity contribution is -0.139. The molecule has 3 aromatic carbocycles. The van der Waals surface area contributed by atoms with Crippen LogP contribution in [0, 0.1) is 12.8 Å². The number of carbonyl (C=O) groups excluding carboxylic acids is 5. The van der Waals surface area contributed by atoms with Crippen LogP contribution in [0.5, 0.6) is 28.7 Å². The Kier molecular flexibility index (Phi) is 6.62. The van der Waals surface area contributed by atoms with Crippen LogP contribution in [-0.2, 0) is 4.79 Å². The molecule has 3 aliphatic rings. The summed E-state index contributed by atoms with van der Waals surface area (Å²) in [5.41, 5.74) is -2.31. The molecule has 226 valence electrons. The minimum atomic E-state index is -1.81. The molecule has 11 nitrogen and oxygen atoms in total. The number of ketones is 4. The maximum absolute atomic E-state index is 14.5. The highest BCUT2D eigenvalue weighted by Gasteiger charge is 2.51. The first-order chi connectivity index (χ1) is 20.8. The molecule has 3 aromatic rings. The summed E-state index contributed by atoms with van der Waals surface area (Å²) in [4.78, 5) is 69.9. The van der Waals surface area contributed by atoms with Crippen molar-refractivity contribution in [1.29, 1.82) is 0 Å². The van der Waals surface area contributed by atoms with E-state index < -0.39 is 64.5 Å². The van der Waals surface area contributed by atoms with Crippen molar-refractivity contribution < 1.29 is 53.1 Å². The minimum Gasteiger partial charge on any atom is -0.507 e. The number of benzene rings is 3. The number of phenolic OH excluding ortho intramolecular Hbond substituents is 1. The molecule has 3 atom stereocenters. The van der Waals surface area contributed by atoms with Crippen LogP contribution >= 0.6 is 0 Å². The Bertz CT molecular complexity index is 1850. The van der Waals surface area contributed by atoms with Crippen molar-refractivity contribution in [2.24, 2.45) is 5.92 Å². The normalized spacial score (nSPS) is 22.3. The summed E-state index contributed by atoms with van der Waals surface area (Å²) < 4.78 is 22.2. The van der Waals surface area contributed by atoms with Crippen molar-refractivity contribution in [2.75, 3.05) is 21.3 Å². The Labute approximate surface area is 251 Å². The van der Waals surface area contributed by atoms with Crippen LogP contribution in [0.25, 0.3) is 0 Å². The van der Waals surface area contributed by atoms with Gasteiger partial charge in [0.05, 0.1) is 56.0 Å². The van der Waals surface area contributed by atoms with E-state index in [2.05, 4.69) is 0 Å². The van der Waals surface area contributed by atoms with Gasteiger partial charge in [-0.3, -0.25) is 24.0 Å². The quantitative estimate of drug-likeness (QED) is 0.260. The Morgan fingerprint density at radius 2 is 1.48 bits per heavy atom. The molecule has 0 spiro atoms. The van der Waals surface area contributed by atoms with Crippen LogP contribution in [0.2, 0.25) is 0 Å². The highest BCUT2D eigenvalue weighted by molar-refractivity contribution is 6.31. The lowest BCUT2D eigenvalue weighted by atomic mass is 9.66. The molecule has 2 N–H and O–H groups in total. The minimum absolute atomic E-state index is 0.00805. The largest absolute Gasteiger partial charge is 0.507 e. The van der Waals surface area contributed by atoms with Gasteiger partial charge in [0.15, 0.2) is 17.3 Å². The number of aliphatic hydroxyl groups is 1. The number of phenols is 1. The maximum atomic E-state index is 14.5. The predicted octanol–water partition coefficient (Wildman–Crippen LogP) is 3.73. The molecule has 0 unspecified atom stereocenters. The van der Waals surface area contributed by atoms with Gasteiger partial charge in [-0.05, 0) is 50.1 Å². The fourth-order valence-corrected chi connectivity index (χ4v) is 6.64. The monoisotopic (exact) mass is 600 g/mol. The van der Waals surface area contributed by atoms with E-state index in [4.69, 9.17) is 18.9 Å². The summed E-state index contributed by atoms with van der Waals surface area (Å²) in [5.74, 6) is -6.93. The number of hydrogen-bond acceptors (Lipinski definition) is 11. The zero-order valence-electron chi connectivity index (χ0n) is 24.5. The van der Waals surface area contributed by atoms with Crippen LogP contribution in [0.4, 0.5) is 0 Å².